The second-order valence-corrected chi connectivity index (χ2v) is 13.9. The fourth-order valence-electron chi connectivity index (χ4n) is 7.10. The van der Waals surface area contributed by atoms with E-state index in [1.54, 1.807) is 13.8 Å². The molecule has 2 amide bonds. The lowest BCUT2D eigenvalue weighted by atomic mass is 9.91. The van der Waals surface area contributed by atoms with Crippen LogP contribution in [0.3, 0.4) is 0 Å². The van der Waals surface area contributed by atoms with Crippen LogP contribution >= 0.6 is 0 Å². The van der Waals surface area contributed by atoms with E-state index in [2.05, 4.69) is 46.0 Å². The molecular formula is C37H52N4O7. The Balaban J connectivity index is 1.17. The molecule has 0 unspecified atom stereocenters. The number of carbonyl (C=O) groups is 2. The zero-order valence-electron chi connectivity index (χ0n) is 28.6. The summed E-state index contributed by atoms with van der Waals surface area (Å²) in [6, 6.07) is 14.1. The first-order valence-corrected chi connectivity index (χ1v) is 17.2. The number of aryl methyl sites for hydroxylation is 2. The van der Waals surface area contributed by atoms with Crippen molar-refractivity contribution in [1.82, 2.24) is 19.7 Å². The molecule has 2 aliphatic rings. The fourth-order valence-corrected chi connectivity index (χ4v) is 7.10. The van der Waals surface area contributed by atoms with Crippen LogP contribution in [0.1, 0.15) is 68.4 Å². The Morgan fingerprint density at radius 3 is 2.31 bits per heavy atom. The molecule has 5 rings (SSSR count). The van der Waals surface area contributed by atoms with Crippen LogP contribution < -0.4 is 5.32 Å². The molecule has 2 fully saturated rings. The number of nitrogens with zero attached hydrogens (tertiary/aromatic N) is 3. The molecule has 2 aliphatic heterocycles. The van der Waals surface area contributed by atoms with Crippen molar-refractivity contribution < 1.29 is 34.8 Å². The second kappa shape index (κ2) is 15.5. The van der Waals surface area contributed by atoms with Gasteiger partial charge in [-0.2, -0.15) is 0 Å². The molecule has 5 atom stereocenters. The van der Waals surface area contributed by atoms with Gasteiger partial charge in [-0.05, 0) is 63.3 Å². The van der Waals surface area contributed by atoms with Crippen molar-refractivity contribution in [2.24, 2.45) is 0 Å². The quantitative estimate of drug-likeness (QED) is 0.198. The van der Waals surface area contributed by atoms with Crippen molar-refractivity contribution in [3.8, 4) is 0 Å². The van der Waals surface area contributed by atoms with E-state index < -0.39 is 42.7 Å². The highest BCUT2D eigenvalue weighted by Crippen LogP contribution is 2.38. The summed E-state index contributed by atoms with van der Waals surface area (Å²) in [4.78, 5) is 30.2. The number of benzene rings is 2. The van der Waals surface area contributed by atoms with E-state index in [0.717, 1.165) is 60.1 Å². The Hall–Kier alpha value is -3.32. The van der Waals surface area contributed by atoms with Gasteiger partial charge in [-0.25, -0.2) is 0 Å². The molecule has 0 bridgehead atoms. The van der Waals surface area contributed by atoms with E-state index in [-0.39, 0.29) is 11.8 Å². The number of fused-ring (bicyclic) bond motifs is 1. The molecule has 3 aromatic rings. The van der Waals surface area contributed by atoms with E-state index in [0.29, 0.717) is 38.0 Å². The Kier molecular flexibility index (Phi) is 11.6. The van der Waals surface area contributed by atoms with E-state index >= 15 is 0 Å². The molecule has 2 aromatic carbocycles. The third kappa shape index (κ3) is 7.93. The van der Waals surface area contributed by atoms with Gasteiger partial charge in [-0.15, -0.1) is 0 Å². The summed E-state index contributed by atoms with van der Waals surface area (Å²) in [7, 11) is 0. The highest BCUT2D eigenvalue weighted by atomic mass is 16.5. The maximum atomic E-state index is 13.2. The van der Waals surface area contributed by atoms with Gasteiger partial charge in [0.25, 0.3) is 0 Å². The zero-order valence-corrected chi connectivity index (χ0v) is 28.6. The summed E-state index contributed by atoms with van der Waals surface area (Å²) in [5, 5.41) is 45.1. The van der Waals surface area contributed by atoms with Gasteiger partial charge in [0.1, 0.15) is 36.1 Å². The number of aliphatic hydroxyl groups is 4. The second-order valence-electron chi connectivity index (χ2n) is 13.9. The van der Waals surface area contributed by atoms with Crippen molar-refractivity contribution in [1.29, 1.82) is 0 Å². The minimum Gasteiger partial charge on any atom is -0.394 e. The van der Waals surface area contributed by atoms with Gasteiger partial charge in [-0.1, -0.05) is 49.4 Å². The Bertz CT molecular complexity index is 1550. The number of aliphatic hydroxyl groups excluding tert-OH is 4. The van der Waals surface area contributed by atoms with Gasteiger partial charge in [0, 0.05) is 56.3 Å². The maximum absolute atomic E-state index is 13.2. The molecule has 0 radical (unpaired) electrons. The highest BCUT2D eigenvalue weighted by molar-refractivity contribution is 5.91. The normalized spacial score (nSPS) is 23.8. The van der Waals surface area contributed by atoms with Crippen molar-refractivity contribution in [3.05, 3.63) is 70.9 Å². The number of rotatable bonds is 12. The van der Waals surface area contributed by atoms with Crippen LogP contribution in [0.4, 0.5) is 0 Å². The number of hydrogen-bond donors (Lipinski definition) is 5. The molecule has 262 valence electrons. The van der Waals surface area contributed by atoms with E-state index in [1.807, 2.05) is 36.2 Å². The number of amides is 2. The van der Waals surface area contributed by atoms with Crippen molar-refractivity contribution >= 4 is 22.7 Å². The smallest absolute Gasteiger partial charge is 0.247 e. The number of hydrogen-bond acceptors (Lipinski definition) is 8. The molecule has 1 aromatic heterocycles. The lowest BCUT2D eigenvalue weighted by Crippen LogP contribution is -2.59. The molecule has 0 saturated carbocycles. The fraction of sp³-hybridized carbons (Fsp3) is 0.568. The molecule has 3 heterocycles. The summed E-state index contributed by atoms with van der Waals surface area (Å²) >= 11 is 0. The molecule has 0 spiro atoms. The molecular weight excluding hydrogens is 612 g/mol. The van der Waals surface area contributed by atoms with Crippen LogP contribution in [0.15, 0.2) is 48.7 Å². The topological polar surface area (TPSA) is 148 Å². The monoisotopic (exact) mass is 664 g/mol. The third-order valence-electron chi connectivity index (χ3n) is 9.76. The largest absolute Gasteiger partial charge is 0.394 e. The van der Waals surface area contributed by atoms with Gasteiger partial charge in [0.05, 0.1) is 12.1 Å². The summed E-state index contributed by atoms with van der Waals surface area (Å²) in [6.07, 6.45) is -1.40. The number of piperazine rings is 1. The van der Waals surface area contributed by atoms with Gasteiger partial charge < -0.3 is 39.9 Å². The lowest BCUT2D eigenvalue weighted by Gasteiger charge is -2.40. The van der Waals surface area contributed by atoms with Crippen molar-refractivity contribution in [2.45, 2.75) is 96.0 Å². The minimum atomic E-state index is -1.45. The molecule has 2 saturated heterocycles. The number of nitrogens with one attached hydrogen (secondary N) is 1. The first kappa shape index (κ1) is 36.0. The van der Waals surface area contributed by atoms with Crippen molar-refractivity contribution in [2.75, 3.05) is 39.3 Å². The van der Waals surface area contributed by atoms with Gasteiger partial charge in [-0.3, -0.25) is 14.5 Å². The van der Waals surface area contributed by atoms with Crippen LogP contribution in [0.5, 0.6) is 0 Å². The lowest BCUT2D eigenvalue weighted by molar-refractivity contribution is -0.231. The SMILES string of the molecule is CCCN1CCN(C(=O)C(C)(C)NC(=O)CCCc2ccc(Cn3cc([C@@H]4O[C@H](CO)[C@@H](O)[C@H](O)[C@H]4O)c4cccc(C)c43)cc2)CC1. The number of ether oxygens (including phenoxy) is 1. The van der Waals surface area contributed by atoms with Crippen LogP contribution in [-0.2, 0) is 27.3 Å². The summed E-state index contributed by atoms with van der Waals surface area (Å²) in [5.41, 5.74) is 3.92. The third-order valence-corrected chi connectivity index (χ3v) is 9.76. The van der Waals surface area contributed by atoms with Crippen LogP contribution in [0, 0.1) is 6.92 Å². The molecule has 11 heteroatoms. The Labute approximate surface area is 283 Å². The number of carbonyl (C=O) groups excluding carboxylic acids is 2. The van der Waals surface area contributed by atoms with E-state index in [1.165, 1.54) is 0 Å². The average molecular weight is 665 g/mol. The summed E-state index contributed by atoms with van der Waals surface area (Å²) < 4.78 is 8.00. The molecule has 11 nitrogen and oxygen atoms in total. The Morgan fingerprint density at radius 2 is 1.65 bits per heavy atom. The number of para-hydroxylation sites is 1. The summed E-state index contributed by atoms with van der Waals surface area (Å²) in [5.74, 6) is -0.159. The van der Waals surface area contributed by atoms with E-state index in [4.69, 9.17) is 4.74 Å². The van der Waals surface area contributed by atoms with Gasteiger partial charge >= 0.3 is 0 Å². The molecule has 5 N–H and O–H groups in total. The maximum Gasteiger partial charge on any atom is 0.247 e. The van der Waals surface area contributed by atoms with Gasteiger partial charge in [0.15, 0.2) is 0 Å². The molecule has 48 heavy (non-hydrogen) atoms. The highest BCUT2D eigenvalue weighted by Gasteiger charge is 2.45. The standard InChI is InChI=1S/C37H52N4O7/c1-5-16-39-17-19-40(20-18-39)36(47)37(3,4)38-30(43)11-7-9-25-12-14-26(15-13-25)21-41-22-28(27-10-6-8-24(2)31(27)41)35-34(46)33(45)32(44)29(23-42)48-35/h6,8,10,12-15,22,29,32-35,42,44-46H,5,7,9,11,16-21,23H2,1-4H3,(H,38,43)/t29-,32-,33+,34-,35+/m1/s1. The van der Waals surface area contributed by atoms with Gasteiger partial charge in [0.2, 0.25) is 11.8 Å². The summed E-state index contributed by atoms with van der Waals surface area (Å²) in [6.45, 7) is 12.0. The average Bonchev–Trinajstić information content (AvgIpc) is 3.43. The minimum absolute atomic E-state index is 0.0337. The first-order chi connectivity index (χ1) is 22.9. The number of aromatic nitrogens is 1. The molecule has 0 aliphatic carbocycles. The van der Waals surface area contributed by atoms with Crippen LogP contribution in [-0.4, -0.2) is 116 Å². The Morgan fingerprint density at radius 1 is 0.958 bits per heavy atom. The van der Waals surface area contributed by atoms with E-state index in [9.17, 15) is 30.0 Å². The predicted molar refractivity (Wildman–Crippen MR) is 183 cm³/mol. The zero-order chi connectivity index (χ0) is 34.6. The first-order valence-electron chi connectivity index (χ1n) is 17.2. The van der Waals surface area contributed by atoms with Crippen LogP contribution in [0.2, 0.25) is 0 Å². The predicted octanol–water partition coefficient (Wildman–Crippen LogP) is 2.28. The van der Waals surface area contributed by atoms with Crippen LogP contribution in [0.25, 0.3) is 10.9 Å². The van der Waals surface area contributed by atoms with Crippen molar-refractivity contribution in [3.63, 3.8) is 0 Å².